The fourth-order valence-electron chi connectivity index (χ4n) is 1.59. The van der Waals surface area contributed by atoms with Crippen LogP contribution in [0.25, 0.3) is 11.3 Å². The minimum absolute atomic E-state index is 0.832. The number of aromatic nitrogens is 1. The molecule has 14 heavy (non-hydrogen) atoms. The van der Waals surface area contributed by atoms with E-state index in [9.17, 15) is 0 Å². The second-order valence-electron chi connectivity index (χ2n) is 3.35. The van der Waals surface area contributed by atoms with Gasteiger partial charge in [0.1, 0.15) is 0 Å². The Morgan fingerprint density at radius 3 is 2.71 bits per heavy atom. The fourth-order valence-corrected chi connectivity index (χ4v) is 2.14. The van der Waals surface area contributed by atoms with Gasteiger partial charge in [0.05, 0.1) is 11.2 Å². The molecule has 72 valence electrons. The van der Waals surface area contributed by atoms with Crippen LogP contribution in [0, 0.1) is 13.8 Å². The number of aryl methyl sites for hydroxylation is 1. The number of nitrogen functional groups attached to an aromatic ring is 1. The van der Waals surface area contributed by atoms with Crippen molar-refractivity contribution in [3.05, 3.63) is 34.2 Å². The van der Waals surface area contributed by atoms with Crippen molar-refractivity contribution in [2.24, 2.45) is 0 Å². The van der Waals surface area contributed by atoms with Crippen LogP contribution in [-0.2, 0) is 0 Å². The van der Waals surface area contributed by atoms with Crippen LogP contribution in [0.3, 0.4) is 0 Å². The van der Waals surface area contributed by atoms with Crippen molar-refractivity contribution in [2.45, 2.75) is 13.8 Å². The number of nitrogens with zero attached hydrogens (tertiary/aromatic N) is 1. The Morgan fingerprint density at radius 1 is 1.29 bits per heavy atom. The van der Waals surface area contributed by atoms with Crippen molar-refractivity contribution in [2.75, 3.05) is 5.73 Å². The average Bonchev–Trinajstić information content (AvgIpc) is 2.65. The number of rotatable bonds is 1. The van der Waals surface area contributed by atoms with Gasteiger partial charge in [-0.15, -0.1) is 11.3 Å². The molecule has 0 amide bonds. The van der Waals surface area contributed by atoms with Crippen LogP contribution < -0.4 is 5.73 Å². The monoisotopic (exact) mass is 204 g/mol. The SMILES string of the molecule is Cc1ccc(N)c(C)c1-c1cscn1. The number of thiazole rings is 1. The Hall–Kier alpha value is -1.35. The zero-order valence-corrected chi connectivity index (χ0v) is 9.06. The second kappa shape index (κ2) is 3.42. The van der Waals surface area contributed by atoms with Gasteiger partial charge in [0.2, 0.25) is 0 Å². The number of anilines is 1. The molecule has 0 aliphatic heterocycles. The summed E-state index contributed by atoms with van der Waals surface area (Å²) in [4.78, 5) is 4.31. The zero-order chi connectivity index (χ0) is 10.1. The van der Waals surface area contributed by atoms with Crippen LogP contribution in [0.2, 0.25) is 0 Å². The van der Waals surface area contributed by atoms with Crippen molar-refractivity contribution in [1.82, 2.24) is 4.98 Å². The summed E-state index contributed by atoms with van der Waals surface area (Å²) in [7, 11) is 0. The van der Waals surface area contributed by atoms with Crippen molar-refractivity contribution in [3.8, 4) is 11.3 Å². The highest BCUT2D eigenvalue weighted by Gasteiger charge is 2.09. The van der Waals surface area contributed by atoms with E-state index in [1.165, 1.54) is 11.1 Å². The standard InChI is InChI=1S/C11H12N2S/c1-7-3-4-9(12)8(2)11(7)10-5-14-6-13-10/h3-6H,12H2,1-2H3. The molecule has 0 radical (unpaired) electrons. The highest BCUT2D eigenvalue weighted by Crippen LogP contribution is 2.29. The highest BCUT2D eigenvalue weighted by atomic mass is 32.1. The Bertz CT molecular complexity index is 447. The van der Waals surface area contributed by atoms with E-state index in [4.69, 9.17) is 5.73 Å². The van der Waals surface area contributed by atoms with Crippen LogP contribution >= 0.6 is 11.3 Å². The van der Waals surface area contributed by atoms with Gasteiger partial charge in [0.25, 0.3) is 0 Å². The summed E-state index contributed by atoms with van der Waals surface area (Å²) in [5, 5.41) is 2.05. The minimum Gasteiger partial charge on any atom is -0.398 e. The summed E-state index contributed by atoms with van der Waals surface area (Å²) in [6, 6.07) is 3.98. The van der Waals surface area contributed by atoms with E-state index < -0.39 is 0 Å². The summed E-state index contributed by atoms with van der Waals surface area (Å²) in [6.07, 6.45) is 0. The van der Waals surface area contributed by atoms with Gasteiger partial charge in [-0.2, -0.15) is 0 Å². The van der Waals surface area contributed by atoms with Crippen molar-refractivity contribution >= 4 is 17.0 Å². The molecule has 2 aromatic rings. The first kappa shape index (κ1) is 9.21. The van der Waals surface area contributed by atoms with Gasteiger partial charge < -0.3 is 5.73 Å². The van der Waals surface area contributed by atoms with E-state index in [-0.39, 0.29) is 0 Å². The van der Waals surface area contributed by atoms with Gasteiger partial charge in [-0.25, -0.2) is 4.98 Å². The molecule has 0 spiro atoms. The Balaban J connectivity index is 2.69. The third-order valence-electron chi connectivity index (χ3n) is 2.40. The normalized spacial score (nSPS) is 10.4. The number of hydrogen-bond donors (Lipinski definition) is 1. The van der Waals surface area contributed by atoms with E-state index in [1.54, 1.807) is 11.3 Å². The first-order chi connectivity index (χ1) is 6.70. The third-order valence-corrected chi connectivity index (χ3v) is 2.99. The Labute approximate surface area is 87.4 Å². The van der Waals surface area contributed by atoms with Crippen LogP contribution in [-0.4, -0.2) is 4.98 Å². The van der Waals surface area contributed by atoms with E-state index >= 15 is 0 Å². The molecule has 3 heteroatoms. The molecular formula is C11H12N2S. The highest BCUT2D eigenvalue weighted by molar-refractivity contribution is 7.07. The number of benzene rings is 1. The molecule has 2 rings (SSSR count). The molecule has 0 saturated heterocycles. The third kappa shape index (κ3) is 1.40. The molecule has 0 aliphatic carbocycles. The van der Waals surface area contributed by atoms with Crippen molar-refractivity contribution in [1.29, 1.82) is 0 Å². The van der Waals surface area contributed by atoms with E-state index in [2.05, 4.69) is 17.3 Å². The van der Waals surface area contributed by atoms with Gasteiger partial charge in [0, 0.05) is 16.6 Å². The number of nitrogens with two attached hydrogens (primary N) is 1. The van der Waals surface area contributed by atoms with Crippen molar-refractivity contribution in [3.63, 3.8) is 0 Å². The Kier molecular flexibility index (Phi) is 2.25. The predicted octanol–water partition coefficient (Wildman–Crippen LogP) is 3.01. The Morgan fingerprint density at radius 2 is 2.07 bits per heavy atom. The molecule has 0 unspecified atom stereocenters. The summed E-state index contributed by atoms with van der Waals surface area (Å²) in [6.45, 7) is 4.12. The van der Waals surface area contributed by atoms with Gasteiger partial charge in [-0.3, -0.25) is 0 Å². The zero-order valence-electron chi connectivity index (χ0n) is 8.24. The maximum absolute atomic E-state index is 5.87. The average molecular weight is 204 g/mol. The van der Waals surface area contributed by atoms with E-state index in [0.29, 0.717) is 0 Å². The maximum Gasteiger partial charge on any atom is 0.0817 e. The predicted molar refractivity (Wildman–Crippen MR) is 61.4 cm³/mol. The molecule has 1 aromatic heterocycles. The van der Waals surface area contributed by atoms with Crippen LogP contribution in [0.5, 0.6) is 0 Å². The molecule has 0 saturated carbocycles. The van der Waals surface area contributed by atoms with Crippen LogP contribution in [0.4, 0.5) is 5.69 Å². The lowest BCUT2D eigenvalue weighted by Gasteiger charge is -2.09. The van der Waals surface area contributed by atoms with Gasteiger partial charge in [-0.05, 0) is 31.0 Å². The summed E-state index contributed by atoms with van der Waals surface area (Å²) < 4.78 is 0. The summed E-state index contributed by atoms with van der Waals surface area (Å²) >= 11 is 1.61. The molecule has 0 fully saturated rings. The van der Waals surface area contributed by atoms with Gasteiger partial charge >= 0.3 is 0 Å². The van der Waals surface area contributed by atoms with Crippen LogP contribution in [0.1, 0.15) is 11.1 Å². The smallest absolute Gasteiger partial charge is 0.0817 e. The van der Waals surface area contributed by atoms with E-state index in [0.717, 1.165) is 16.9 Å². The van der Waals surface area contributed by atoms with Crippen molar-refractivity contribution < 1.29 is 0 Å². The lowest BCUT2D eigenvalue weighted by Crippen LogP contribution is -1.94. The first-order valence-corrected chi connectivity index (χ1v) is 5.38. The summed E-state index contributed by atoms with van der Waals surface area (Å²) in [5.74, 6) is 0. The molecule has 1 aromatic carbocycles. The van der Waals surface area contributed by atoms with Crippen LogP contribution in [0.15, 0.2) is 23.0 Å². The number of hydrogen-bond acceptors (Lipinski definition) is 3. The fraction of sp³-hybridized carbons (Fsp3) is 0.182. The molecular weight excluding hydrogens is 192 g/mol. The molecule has 1 heterocycles. The first-order valence-electron chi connectivity index (χ1n) is 4.44. The molecule has 0 bridgehead atoms. The lowest BCUT2D eigenvalue weighted by molar-refractivity contribution is 1.33. The lowest BCUT2D eigenvalue weighted by atomic mass is 9.99. The topological polar surface area (TPSA) is 38.9 Å². The van der Waals surface area contributed by atoms with Gasteiger partial charge in [0.15, 0.2) is 0 Å². The molecule has 0 aliphatic rings. The molecule has 2 nitrogen and oxygen atoms in total. The molecule has 2 N–H and O–H groups in total. The minimum atomic E-state index is 0.832. The summed E-state index contributed by atoms with van der Waals surface area (Å²) in [5.41, 5.74) is 13.1. The van der Waals surface area contributed by atoms with Gasteiger partial charge in [-0.1, -0.05) is 6.07 Å². The largest absolute Gasteiger partial charge is 0.398 e. The van der Waals surface area contributed by atoms with E-state index in [1.807, 2.05) is 24.6 Å². The molecule has 0 atom stereocenters. The maximum atomic E-state index is 5.87. The quantitative estimate of drug-likeness (QED) is 0.725. The second-order valence-corrected chi connectivity index (χ2v) is 4.06.